The van der Waals surface area contributed by atoms with E-state index >= 15 is 0 Å². The van der Waals surface area contributed by atoms with E-state index in [9.17, 15) is 0 Å². The number of hydrogen-bond acceptors (Lipinski definition) is 2. The maximum atomic E-state index is 6.22. The van der Waals surface area contributed by atoms with Crippen LogP contribution in [0.2, 0.25) is 0 Å². The zero-order valence-electron chi connectivity index (χ0n) is 12.0. The van der Waals surface area contributed by atoms with Gasteiger partial charge in [-0.25, -0.2) is 0 Å². The highest BCUT2D eigenvalue weighted by atomic mass is 16.5. The maximum absolute atomic E-state index is 6.22. The van der Waals surface area contributed by atoms with Gasteiger partial charge in [-0.05, 0) is 49.4 Å². The minimum absolute atomic E-state index is 0.0608. The lowest BCUT2D eigenvalue weighted by Gasteiger charge is -2.35. The fourth-order valence-electron chi connectivity index (χ4n) is 2.43. The Balaban J connectivity index is 2.14. The molecular formula is C16H25NO. The number of ether oxygens (including phenoxy) is 1. The largest absolute Gasteiger partial charge is 0.486 e. The Labute approximate surface area is 111 Å². The second kappa shape index (κ2) is 4.93. The van der Waals surface area contributed by atoms with Gasteiger partial charge in [0.2, 0.25) is 0 Å². The van der Waals surface area contributed by atoms with E-state index in [1.165, 1.54) is 12.0 Å². The normalized spacial score (nSPS) is 24.9. The van der Waals surface area contributed by atoms with E-state index in [0.29, 0.717) is 0 Å². The van der Waals surface area contributed by atoms with Gasteiger partial charge in [0.1, 0.15) is 11.4 Å². The SMILES string of the molecule is CC1(Oc2cccc(C(C)(C)C)c2)CCCNC1. The van der Waals surface area contributed by atoms with Crippen LogP contribution in [0.1, 0.15) is 46.1 Å². The van der Waals surface area contributed by atoms with Gasteiger partial charge in [0, 0.05) is 6.54 Å². The summed E-state index contributed by atoms with van der Waals surface area (Å²) in [7, 11) is 0. The van der Waals surface area contributed by atoms with E-state index < -0.39 is 0 Å². The van der Waals surface area contributed by atoms with Gasteiger partial charge in [0.25, 0.3) is 0 Å². The van der Waals surface area contributed by atoms with E-state index in [-0.39, 0.29) is 11.0 Å². The van der Waals surface area contributed by atoms with Crippen LogP contribution >= 0.6 is 0 Å². The summed E-state index contributed by atoms with van der Waals surface area (Å²) in [6.45, 7) is 10.9. The monoisotopic (exact) mass is 247 g/mol. The van der Waals surface area contributed by atoms with Crippen molar-refractivity contribution in [2.75, 3.05) is 13.1 Å². The van der Waals surface area contributed by atoms with Gasteiger partial charge in [-0.2, -0.15) is 0 Å². The maximum Gasteiger partial charge on any atom is 0.120 e. The first-order valence-electron chi connectivity index (χ1n) is 6.89. The van der Waals surface area contributed by atoms with Crippen LogP contribution in [0.5, 0.6) is 5.75 Å². The molecule has 18 heavy (non-hydrogen) atoms. The summed E-state index contributed by atoms with van der Waals surface area (Å²) in [6, 6.07) is 8.51. The number of rotatable bonds is 2. The van der Waals surface area contributed by atoms with Gasteiger partial charge in [-0.15, -0.1) is 0 Å². The van der Waals surface area contributed by atoms with Gasteiger partial charge in [0.05, 0.1) is 0 Å². The third-order valence-electron chi connectivity index (χ3n) is 3.62. The van der Waals surface area contributed by atoms with Crippen LogP contribution in [0.4, 0.5) is 0 Å². The van der Waals surface area contributed by atoms with Crippen molar-refractivity contribution in [2.24, 2.45) is 0 Å². The molecule has 1 atom stereocenters. The third-order valence-corrected chi connectivity index (χ3v) is 3.62. The minimum atomic E-state index is -0.0608. The molecule has 1 aliphatic heterocycles. The molecule has 1 unspecified atom stereocenters. The number of piperidine rings is 1. The van der Waals surface area contributed by atoms with Gasteiger partial charge in [-0.1, -0.05) is 32.9 Å². The van der Waals surface area contributed by atoms with Gasteiger partial charge >= 0.3 is 0 Å². The van der Waals surface area contributed by atoms with Gasteiger partial charge in [0.15, 0.2) is 0 Å². The predicted octanol–water partition coefficient (Wildman–Crippen LogP) is 3.51. The summed E-state index contributed by atoms with van der Waals surface area (Å²) in [6.07, 6.45) is 2.31. The van der Waals surface area contributed by atoms with Crippen molar-refractivity contribution in [1.29, 1.82) is 0 Å². The molecule has 2 rings (SSSR count). The molecule has 1 aromatic rings. The molecule has 0 saturated carbocycles. The smallest absolute Gasteiger partial charge is 0.120 e. The van der Waals surface area contributed by atoms with E-state index in [0.717, 1.165) is 25.3 Å². The van der Waals surface area contributed by atoms with E-state index in [1.807, 2.05) is 0 Å². The molecule has 1 aliphatic rings. The lowest BCUT2D eigenvalue weighted by atomic mass is 9.87. The van der Waals surface area contributed by atoms with Crippen LogP contribution in [0.3, 0.4) is 0 Å². The van der Waals surface area contributed by atoms with Crippen LogP contribution in [-0.4, -0.2) is 18.7 Å². The summed E-state index contributed by atoms with van der Waals surface area (Å²) in [5.74, 6) is 0.994. The summed E-state index contributed by atoms with van der Waals surface area (Å²) in [5, 5.41) is 3.42. The quantitative estimate of drug-likeness (QED) is 0.863. The molecule has 1 fully saturated rings. The highest BCUT2D eigenvalue weighted by molar-refractivity contribution is 5.33. The molecule has 1 aromatic carbocycles. The standard InChI is InChI=1S/C16H25NO/c1-15(2,3)13-7-5-8-14(11-13)18-16(4)9-6-10-17-12-16/h5,7-8,11,17H,6,9-10,12H2,1-4H3. The summed E-state index contributed by atoms with van der Waals surface area (Å²) >= 11 is 0. The first-order chi connectivity index (χ1) is 8.39. The molecule has 2 nitrogen and oxygen atoms in total. The molecule has 1 N–H and O–H groups in total. The molecule has 0 bridgehead atoms. The van der Waals surface area contributed by atoms with Gasteiger partial charge in [-0.3, -0.25) is 0 Å². The topological polar surface area (TPSA) is 21.3 Å². The van der Waals surface area contributed by atoms with Crippen molar-refractivity contribution in [2.45, 2.75) is 51.6 Å². The van der Waals surface area contributed by atoms with Crippen LogP contribution in [-0.2, 0) is 5.41 Å². The first kappa shape index (κ1) is 13.4. The second-order valence-corrected chi connectivity index (χ2v) is 6.61. The van der Waals surface area contributed by atoms with Crippen molar-refractivity contribution in [3.63, 3.8) is 0 Å². The molecule has 1 saturated heterocycles. The average Bonchev–Trinajstić information content (AvgIpc) is 2.28. The van der Waals surface area contributed by atoms with Crippen molar-refractivity contribution in [3.05, 3.63) is 29.8 Å². The Kier molecular flexibility index (Phi) is 3.67. The van der Waals surface area contributed by atoms with Crippen molar-refractivity contribution in [3.8, 4) is 5.75 Å². The Hall–Kier alpha value is -1.02. The highest BCUT2D eigenvalue weighted by Crippen LogP contribution is 2.29. The molecule has 0 amide bonds. The van der Waals surface area contributed by atoms with E-state index in [2.05, 4.69) is 57.3 Å². The second-order valence-electron chi connectivity index (χ2n) is 6.61. The van der Waals surface area contributed by atoms with Crippen LogP contribution in [0, 0.1) is 0 Å². The van der Waals surface area contributed by atoms with Crippen LogP contribution in [0.25, 0.3) is 0 Å². The molecule has 0 spiro atoms. The highest BCUT2D eigenvalue weighted by Gasteiger charge is 2.28. The zero-order valence-corrected chi connectivity index (χ0v) is 12.0. The van der Waals surface area contributed by atoms with Crippen molar-refractivity contribution < 1.29 is 4.74 Å². The molecule has 0 aromatic heterocycles. The Bertz CT molecular complexity index is 400. The minimum Gasteiger partial charge on any atom is -0.486 e. The zero-order chi connectivity index (χ0) is 13.2. The van der Waals surface area contributed by atoms with Crippen molar-refractivity contribution in [1.82, 2.24) is 5.32 Å². The van der Waals surface area contributed by atoms with Crippen LogP contribution < -0.4 is 10.1 Å². The van der Waals surface area contributed by atoms with E-state index in [1.54, 1.807) is 0 Å². The fourth-order valence-corrected chi connectivity index (χ4v) is 2.43. The fraction of sp³-hybridized carbons (Fsp3) is 0.625. The molecular weight excluding hydrogens is 222 g/mol. The van der Waals surface area contributed by atoms with Crippen molar-refractivity contribution >= 4 is 0 Å². The molecule has 2 heteroatoms. The average molecular weight is 247 g/mol. The molecule has 0 aliphatic carbocycles. The first-order valence-corrected chi connectivity index (χ1v) is 6.89. The molecule has 100 valence electrons. The summed E-state index contributed by atoms with van der Waals surface area (Å²) in [4.78, 5) is 0. The Morgan fingerprint density at radius 3 is 2.67 bits per heavy atom. The number of benzene rings is 1. The molecule has 0 radical (unpaired) electrons. The number of hydrogen-bond donors (Lipinski definition) is 1. The van der Waals surface area contributed by atoms with Crippen LogP contribution in [0.15, 0.2) is 24.3 Å². The Morgan fingerprint density at radius 2 is 2.06 bits per heavy atom. The predicted molar refractivity (Wildman–Crippen MR) is 76.3 cm³/mol. The summed E-state index contributed by atoms with van der Waals surface area (Å²) in [5.41, 5.74) is 1.44. The third kappa shape index (κ3) is 3.26. The molecule has 1 heterocycles. The van der Waals surface area contributed by atoms with Gasteiger partial charge < -0.3 is 10.1 Å². The summed E-state index contributed by atoms with van der Waals surface area (Å²) < 4.78 is 6.22. The lowest BCUT2D eigenvalue weighted by molar-refractivity contribution is 0.0613. The lowest BCUT2D eigenvalue weighted by Crippen LogP contribution is -2.47. The number of nitrogens with one attached hydrogen (secondary N) is 1. The Morgan fingerprint density at radius 1 is 1.28 bits per heavy atom. The van der Waals surface area contributed by atoms with E-state index in [4.69, 9.17) is 4.74 Å².